The van der Waals surface area contributed by atoms with Crippen molar-refractivity contribution in [2.75, 3.05) is 13.2 Å². The molecule has 9 heteroatoms. The lowest BCUT2D eigenvalue weighted by molar-refractivity contribution is -0.121. The largest absolute Gasteiger partial charge is 0.490 e. The molecule has 2 N–H and O–H groups in total. The number of carbonyl (C=O) groups is 1. The second-order valence-electron chi connectivity index (χ2n) is 7.42. The second-order valence-corrected chi connectivity index (χ2v) is 8.76. The highest BCUT2D eigenvalue weighted by Gasteiger charge is 2.15. The quantitative estimate of drug-likeness (QED) is 0.338. The van der Waals surface area contributed by atoms with Crippen molar-refractivity contribution in [3.63, 3.8) is 0 Å². The Morgan fingerprint density at radius 1 is 1.22 bits per heavy atom. The molecule has 32 heavy (non-hydrogen) atoms. The first-order valence-corrected chi connectivity index (χ1v) is 12.2. The molecule has 1 aromatic carbocycles. The van der Waals surface area contributed by atoms with Gasteiger partial charge < -0.3 is 14.8 Å². The minimum Gasteiger partial charge on any atom is -0.490 e. The van der Waals surface area contributed by atoms with Crippen LogP contribution < -0.4 is 14.8 Å². The van der Waals surface area contributed by atoms with Crippen LogP contribution in [0.3, 0.4) is 0 Å². The molecule has 7 nitrogen and oxygen atoms in total. The predicted molar refractivity (Wildman–Crippen MR) is 130 cm³/mol. The highest BCUT2D eigenvalue weighted by atomic mass is 32.1. The SMILES string of the molecule is CCCOc1ccc(C(C)NC(=O)CCn2c(-c3cccs3)n[nH]c2=S)cc1OCCC. The van der Waals surface area contributed by atoms with Crippen LogP contribution in [0.25, 0.3) is 10.7 Å². The average Bonchev–Trinajstić information content (AvgIpc) is 3.44. The summed E-state index contributed by atoms with van der Waals surface area (Å²) in [5, 5.41) is 12.2. The van der Waals surface area contributed by atoms with Crippen molar-refractivity contribution in [3.8, 4) is 22.2 Å². The Hall–Kier alpha value is -2.65. The third-order valence-corrected chi connectivity index (χ3v) is 6.01. The molecule has 0 saturated heterocycles. The number of carbonyl (C=O) groups excluding carboxylic acids is 1. The van der Waals surface area contributed by atoms with E-state index >= 15 is 0 Å². The predicted octanol–water partition coefficient (Wildman–Crippen LogP) is 5.51. The van der Waals surface area contributed by atoms with Gasteiger partial charge in [-0.3, -0.25) is 14.5 Å². The molecule has 0 aliphatic heterocycles. The summed E-state index contributed by atoms with van der Waals surface area (Å²) in [7, 11) is 0. The number of hydrogen-bond donors (Lipinski definition) is 2. The van der Waals surface area contributed by atoms with Crippen molar-refractivity contribution < 1.29 is 14.3 Å². The summed E-state index contributed by atoms with van der Waals surface area (Å²) in [6, 6.07) is 9.62. The second kappa shape index (κ2) is 11.8. The van der Waals surface area contributed by atoms with Crippen molar-refractivity contribution in [2.45, 2.75) is 52.6 Å². The highest BCUT2D eigenvalue weighted by molar-refractivity contribution is 7.71. The summed E-state index contributed by atoms with van der Waals surface area (Å²) < 4.78 is 14.0. The van der Waals surface area contributed by atoms with Gasteiger partial charge in [0.2, 0.25) is 5.91 Å². The monoisotopic (exact) mass is 474 g/mol. The minimum atomic E-state index is -0.166. The Morgan fingerprint density at radius 3 is 2.66 bits per heavy atom. The minimum absolute atomic E-state index is 0.0555. The fraction of sp³-hybridized carbons (Fsp3) is 0.435. The van der Waals surface area contributed by atoms with Gasteiger partial charge in [0.1, 0.15) is 0 Å². The Bertz CT molecular complexity index is 1060. The topological polar surface area (TPSA) is 81.2 Å². The number of thiophene rings is 1. The van der Waals surface area contributed by atoms with E-state index in [1.54, 1.807) is 11.3 Å². The molecule has 2 heterocycles. The average molecular weight is 475 g/mol. The third kappa shape index (κ3) is 6.20. The summed E-state index contributed by atoms with van der Waals surface area (Å²) in [6.45, 7) is 7.80. The van der Waals surface area contributed by atoms with E-state index in [4.69, 9.17) is 21.7 Å². The van der Waals surface area contributed by atoms with E-state index < -0.39 is 0 Å². The lowest BCUT2D eigenvalue weighted by Gasteiger charge is -2.18. The third-order valence-electron chi connectivity index (χ3n) is 4.83. The molecular weight excluding hydrogens is 444 g/mol. The molecule has 1 unspecified atom stereocenters. The molecule has 1 amide bonds. The smallest absolute Gasteiger partial charge is 0.222 e. The number of ether oxygens (including phenoxy) is 2. The number of nitrogens with one attached hydrogen (secondary N) is 2. The van der Waals surface area contributed by atoms with E-state index in [2.05, 4.69) is 29.4 Å². The van der Waals surface area contributed by atoms with Crippen LogP contribution >= 0.6 is 23.6 Å². The number of rotatable bonds is 12. The maximum absolute atomic E-state index is 12.7. The van der Waals surface area contributed by atoms with Gasteiger partial charge in [-0.2, -0.15) is 5.10 Å². The van der Waals surface area contributed by atoms with Crippen molar-refractivity contribution >= 4 is 29.5 Å². The lowest BCUT2D eigenvalue weighted by Crippen LogP contribution is -2.27. The van der Waals surface area contributed by atoms with Crippen LogP contribution in [0.2, 0.25) is 0 Å². The van der Waals surface area contributed by atoms with Crippen LogP contribution in [-0.2, 0) is 11.3 Å². The molecule has 1 atom stereocenters. The summed E-state index contributed by atoms with van der Waals surface area (Å²) in [5.41, 5.74) is 0.965. The Balaban J connectivity index is 1.63. The number of H-pyrrole nitrogens is 1. The maximum Gasteiger partial charge on any atom is 0.222 e. The number of aromatic amines is 1. The Morgan fingerprint density at radius 2 is 1.97 bits per heavy atom. The van der Waals surface area contributed by atoms with Gasteiger partial charge in [0.05, 0.1) is 24.1 Å². The van der Waals surface area contributed by atoms with Gasteiger partial charge in [0.25, 0.3) is 0 Å². The fourth-order valence-electron chi connectivity index (χ4n) is 3.18. The van der Waals surface area contributed by atoms with Crippen LogP contribution in [0.5, 0.6) is 11.5 Å². The van der Waals surface area contributed by atoms with E-state index in [9.17, 15) is 4.79 Å². The van der Waals surface area contributed by atoms with E-state index in [-0.39, 0.29) is 11.9 Å². The van der Waals surface area contributed by atoms with Gasteiger partial charge in [0, 0.05) is 13.0 Å². The maximum atomic E-state index is 12.7. The first-order valence-electron chi connectivity index (χ1n) is 10.9. The summed E-state index contributed by atoms with van der Waals surface area (Å²) in [4.78, 5) is 13.7. The number of benzene rings is 1. The van der Waals surface area contributed by atoms with Crippen LogP contribution in [0.15, 0.2) is 35.7 Å². The standard InChI is InChI=1S/C23H30N4O3S2/c1-4-12-29-18-9-8-17(15-19(18)30-13-5-2)16(3)24-21(28)10-11-27-22(25-26-23(27)31)20-7-6-14-32-20/h6-9,14-16H,4-5,10-13H2,1-3H3,(H,24,28)(H,26,31). The lowest BCUT2D eigenvalue weighted by atomic mass is 10.1. The van der Waals surface area contributed by atoms with Crippen molar-refractivity contribution in [1.82, 2.24) is 20.1 Å². The van der Waals surface area contributed by atoms with Gasteiger partial charge >= 0.3 is 0 Å². The molecule has 0 radical (unpaired) electrons. The molecule has 3 rings (SSSR count). The fourth-order valence-corrected chi connectivity index (χ4v) is 4.12. The first-order chi connectivity index (χ1) is 15.5. The molecule has 2 aromatic heterocycles. The van der Waals surface area contributed by atoms with E-state index in [1.165, 1.54) is 0 Å². The van der Waals surface area contributed by atoms with Crippen LogP contribution in [0, 0.1) is 4.77 Å². The molecular formula is C23H30N4O3S2. The normalized spacial score (nSPS) is 11.8. The van der Waals surface area contributed by atoms with Gasteiger partial charge in [-0.05, 0) is 61.1 Å². The van der Waals surface area contributed by atoms with E-state index in [0.29, 0.717) is 36.7 Å². The zero-order valence-corrected chi connectivity index (χ0v) is 20.4. The van der Waals surface area contributed by atoms with Crippen LogP contribution in [0.4, 0.5) is 0 Å². The molecule has 0 saturated carbocycles. The molecule has 0 aliphatic carbocycles. The molecule has 0 fully saturated rings. The Kier molecular flexibility index (Phi) is 8.87. The van der Waals surface area contributed by atoms with Gasteiger partial charge in [-0.1, -0.05) is 26.0 Å². The summed E-state index contributed by atoms with van der Waals surface area (Å²) >= 11 is 6.93. The van der Waals surface area contributed by atoms with Gasteiger partial charge in [-0.15, -0.1) is 11.3 Å². The van der Waals surface area contributed by atoms with Crippen LogP contribution in [-0.4, -0.2) is 33.9 Å². The number of nitrogens with zero attached hydrogens (tertiary/aromatic N) is 2. The van der Waals surface area contributed by atoms with E-state index in [0.717, 1.165) is 34.9 Å². The molecule has 0 spiro atoms. The molecule has 172 valence electrons. The van der Waals surface area contributed by atoms with Crippen molar-refractivity contribution in [1.29, 1.82) is 0 Å². The van der Waals surface area contributed by atoms with Gasteiger partial charge in [0.15, 0.2) is 22.1 Å². The molecule has 0 aliphatic rings. The first kappa shape index (κ1) is 24.0. The number of aromatic nitrogens is 3. The summed E-state index contributed by atoms with van der Waals surface area (Å²) in [6.07, 6.45) is 2.14. The van der Waals surface area contributed by atoms with Gasteiger partial charge in [-0.25, -0.2) is 0 Å². The van der Waals surface area contributed by atoms with Crippen LogP contribution in [0.1, 0.15) is 51.6 Å². The number of amides is 1. The van der Waals surface area contributed by atoms with Crippen molar-refractivity contribution in [3.05, 3.63) is 46.0 Å². The zero-order chi connectivity index (χ0) is 22.9. The van der Waals surface area contributed by atoms with E-state index in [1.807, 2.05) is 47.2 Å². The summed E-state index contributed by atoms with van der Waals surface area (Å²) in [5.74, 6) is 2.15. The number of hydrogen-bond acceptors (Lipinski definition) is 6. The molecule has 3 aromatic rings. The molecule has 0 bridgehead atoms. The Labute approximate surface area is 197 Å². The highest BCUT2D eigenvalue weighted by Crippen LogP contribution is 2.31. The van der Waals surface area contributed by atoms with Crippen molar-refractivity contribution in [2.24, 2.45) is 0 Å². The zero-order valence-electron chi connectivity index (χ0n) is 18.7.